The Hall–Kier alpha value is -0.830. The van der Waals surface area contributed by atoms with Crippen LogP contribution in [0.15, 0.2) is 23.1 Å². The molecule has 112 valence electrons. The molecule has 5 nitrogen and oxygen atoms in total. The van der Waals surface area contributed by atoms with E-state index in [9.17, 15) is 12.8 Å². The fourth-order valence-corrected chi connectivity index (χ4v) is 3.97. The van der Waals surface area contributed by atoms with E-state index in [-0.39, 0.29) is 10.6 Å². The number of nitrogens with zero attached hydrogens (tertiary/aromatic N) is 1. The van der Waals surface area contributed by atoms with Crippen molar-refractivity contribution < 1.29 is 12.8 Å². The standard InChI is InChI=1S/C12H18FN3O2S2/c13-11-2-1-10(9-12(11)14)20(17,18)15-3-4-16-5-7-19-8-6-16/h1-2,9,15H,3-8,14H2. The van der Waals surface area contributed by atoms with Crippen molar-refractivity contribution >= 4 is 27.5 Å². The van der Waals surface area contributed by atoms with Gasteiger partial charge in [-0.05, 0) is 18.2 Å². The van der Waals surface area contributed by atoms with Crippen LogP contribution in [0.4, 0.5) is 10.1 Å². The van der Waals surface area contributed by atoms with Gasteiger partial charge in [-0.15, -0.1) is 0 Å². The van der Waals surface area contributed by atoms with Crippen LogP contribution in [-0.2, 0) is 10.0 Å². The number of hydrogen-bond acceptors (Lipinski definition) is 5. The monoisotopic (exact) mass is 319 g/mol. The molecule has 0 saturated carbocycles. The predicted molar refractivity (Wildman–Crippen MR) is 79.8 cm³/mol. The van der Waals surface area contributed by atoms with Crippen LogP contribution in [-0.4, -0.2) is 51.0 Å². The van der Waals surface area contributed by atoms with Gasteiger partial charge in [0, 0.05) is 37.7 Å². The fourth-order valence-electron chi connectivity index (χ4n) is 1.94. The lowest BCUT2D eigenvalue weighted by Gasteiger charge is -2.25. The first-order valence-electron chi connectivity index (χ1n) is 6.34. The number of nitrogens with one attached hydrogen (secondary N) is 1. The van der Waals surface area contributed by atoms with Crippen LogP contribution in [0.2, 0.25) is 0 Å². The zero-order valence-electron chi connectivity index (χ0n) is 11.0. The first-order chi connectivity index (χ1) is 9.49. The second-order valence-corrected chi connectivity index (χ2v) is 7.53. The maximum absolute atomic E-state index is 13.0. The number of nitrogens with two attached hydrogens (primary N) is 1. The van der Waals surface area contributed by atoms with Crippen LogP contribution in [0.3, 0.4) is 0 Å². The van der Waals surface area contributed by atoms with E-state index in [1.54, 1.807) is 0 Å². The molecule has 0 spiro atoms. The SMILES string of the molecule is Nc1cc(S(=O)(=O)NCCN2CCSCC2)ccc1F. The minimum absolute atomic E-state index is 0.00870. The van der Waals surface area contributed by atoms with Gasteiger partial charge in [0.1, 0.15) is 5.82 Å². The van der Waals surface area contributed by atoms with Crippen molar-refractivity contribution in [1.29, 1.82) is 0 Å². The summed E-state index contributed by atoms with van der Waals surface area (Å²) in [5, 5.41) is 0. The Morgan fingerprint density at radius 2 is 2.05 bits per heavy atom. The first-order valence-corrected chi connectivity index (χ1v) is 8.97. The third kappa shape index (κ3) is 4.08. The summed E-state index contributed by atoms with van der Waals surface area (Å²) < 4.78 is 39.6. The highest BCUT2D eigenvalue weighted by Gasteiger charge is 2.16. The van der Waals surface area contributed by atoms with Crippen LogP contribution < -0.4 is 10.5 Å². The van der Waals surface area contributed by atoms with Gasteiger partial charge < -0.3 is 10.6 Å². The Bertz CT molecular complexity index is 560. The number of benzene rings is 1. The third-order valence-electron chi connectivity index (χ3n) is 3.10. The number of anilines is 1. The van der Waals surface area contributed by atoms with Crippen molar-refractivity contribution in [2.24, 2.45) is 0 Å². The van der Waals surface area contributed by atoms with Crippen molar-refractivity contribution in [2.45, 2.75) is 4.90 Å². The molecular formula is C12H18FN3O2S2. The summed E-state index contributed by atoms with van der Waals surface area (Å²) in [6.07, 6.45) is 0. The second kappa shape index (κ2) is 6.75. The van der Waals surface area contributed by atoms with Crippen molar-refractivity contribution in [1.82, 2.24) is 9.62 Å². The van der Waals surface area contributed by atoms with Gasteiger partial charge >= 0.3 is 0 Å². The summed E-state index contributed by atoms with van der Waals surface area (Å²) >= 11 is 1.91. The normalized spacial score (nSPS) is 17.2. The lowest BCUT2D eigenvalue weighted by molar-refractivity contribution is 0.307. The van der Waals surface area contributed by atoms with Crippen LogP contribution >= 0.6 is 11.8 Å². The molecule has 8 heteroatoms. The predicted octanol–water partition coefficient (Wildman–Crippen LogP) is 0.735. The molecule has 0 bridgehead atoms. The van der Waals surface area contributed by atoms with Crippen molar-refractivity contribution in [3.63, 3.8) is 0 Å². The van der Waals surface area contributed by atoms with Crippen molar-refractivity contribution in [3.8, 4) is 0 Å². The molecule has 0 atom stereocenters. The molecule has 1 heterocycles. The van der Waals surface area contributed by atoms with E-state index >= 15 is 0 Å². The highest BCUT2D eigenvalue weighted by atomic mass is 32.2. The summed E-state index contributed by atoms with van der Waals surface area (Å²) in [4.78, 5) is 2.21. The average molecular weight is 319 g/mol. The van der Waals surface area contributed by atoms with E-state index in [0.29, 0.717) is 13.1 Å². The quantitative estimate of drug-likeness (QED) is 0.783. The van der Waals surface area contributed by atoms with E-state index in [1.807, 2.05) is 11.8 Å². The van der Waals surface area contributed by atoms with Crippen LogP contribution in [0, 0.1) is 5.82 Å². The van der Waals surface area contributed by atoms with Gasteiger partial charge in [0.15, 0.2) is 0 Å². The maximum atomic E-state index is 13.0. The molecule has 3 N–H and O–H groups in total. The molecule has 1 fully saturated rings. The smallest absolute Gasteiger partial charge is 0.240 e. The molecule has 2 rings (SSSR count). The minimum Gasteiger partial charge on any atom is -0.396 e. The second-order valence-electron chi connectivity index (χ2n) is 4.54. The number of thioether (sulfide) groups is 1. The average Bonchev–Trinajstić information content (AvgIpc) is 2.43. The third-order valence-corrected chi connectivity index (χ3v) is 5.50. The highest BCUT2D eigenvalue weighted by Crippen LogP contribution is 2.16. The maximum Gasteiger partial charge on any atom is 0.240 e. The number of hydrogen-bond donors (Lipinski definition) is 2. The number of nitrogen functional groups attached to an aromatic ring is 1. The lowest BCUT2D eigenvalue weighted by Crippen LogP contribution is -2.39. The lowest BCUT2D eigenvalue weighted by atomic mass is 10.3. The number of sulfonamides is 1. The van der Waals surface area contributed by atoms with E-state index < -0.39 is 15.8 Å². The summed E-state index contributed by atoms with van der Waals surface area (Å²) in [5.74, 6) is 1.55. The van der Waals surface area contributed by atoms with E-state index in [0.717, 1.165) is 36.7 Å². The topological polar surface area (TPSA) is 75.4 Å². The first kappa shape index (κ1) is 15.6. The summed E-state index contributed by atoms with van der Waals surface area (Å²) in [5.41, 5.74) is 5.22. The molecule has 0 radical (unpaired) electrons. The number of rotatable bonds is 5. The van der Waals surface area contributed by atoms with Crippen molar-refractivity contribution in [2.75, 3.05) is 43.4 Å². The van der Waals surface area contributed by atoms with Crippen LogP contribution in [0.1, 0.15) is 0 Å². The number of halogens is 1. The molecule has 0 aromatic heterocycles. The Labute approximate surface area is 122 Å². The van der Waals surface area contributed by atoms with Gasteiger partial charge in [0.05, 0.1) is 10.6 Å². The van der Waals surface area contributed by atoms with Crippen LogP contribution in [0.25, 0.3) is 0 Å². The molecule has 1 aromatic carbocycles. The van der Waals surface area contributed by atoms with Gasteiger partial charge in [-0.2, -0.15) is 11.8 Å². The molecule has 0 amide bonds. The minimum atomic E-state index is -3.63. The summed E-state index contributed by atoms with van der Waals surface area (Å²) in [6.45, 7) is 2.98. The molecule has 20 heavy (non-hydrogen) atoms. The Morgan fingerprint density at radius 1 is 1.35 bits per heavy atom. The summed E-state index contributed by atoms with van der Waals surface area (Å²) in [7, 11) is -3.63. The highest BCUT2D eigenvalue weighted by molar-refractivity contribution is 7.99. The van der Waals surface area contributed by atoms with E-state index in [4.69, 9.17) is 5.73 Å². The largest absolute Gasteiger partial charge is 0.396 e. The Kier molecular flexibility index (Phi) is 5.25. The molecule has 1 aromatic rings. The van der Waals surface area contributed by atoms with Gasteiger partial charge in [0.25, 0.3) is 0 Å². The van der Waals surface area contributed by atoms with Crippen molar-refractivity contribution in [3.05, 3.63) is 24.0 Å². The molecule has 0 aliphatic carbocycles. The van der Waals surface area contributed by atoms with Gasteiger partial charge in [-0.25, -0.2) is 17.5 Å². The Balaban J connectivity index is 1.91. The summed E-state index contributed by atoms with van der Waals surface area (Å²) in [6, 6.07) is 3.41. The fraction of sp³-hybridized carbons (Fsp3) is 0.500. The molecule has 0 unspecified atom stereocenters. The zero-order valence-corrected chi connectivity index (χ0v) is 12.6. The zero-order chi connectivity index (χ0) is 14.6. The molecule has 1 aliphatic heterocycles. The molecular weight excluding hydrogens is 301 g/mol. The Morgan fingerprint density at radius 3 is 2.70 bits per heavy atom. The van der Waals surface area contributed by atoms with Gasteiger partial charge in [0.2, 0.25) is 10.0 Å². The van der Waals surface area contributed by atoms with E-state index in [1.165, 1.54) is 6.07 Å². The van der Waals surface area contributed by atoms with Crippen LogP contribution in [0.5, 0.6) is 0 Å². The van der Waals surface area contributed by atoms with Gasteiger partial charge in [-0.1, -0.05) is 0 Å². The molecule has 1 saturated heterocycles. The van der Waals surface area contributed by atoms with Gasteiger partial charge in [-0.3, -0.25) is 0 Å². The molecule has 1 aliphatic rings. The van der Waals surface area contributed by atoms with E-state index in [2.05, 4.69) is 9.62 Å².